The van der Waals surface area contributed by atoms with Crippen LogP contribution in [0.5, 0.6) is 5.88 Å². The summed E-state index contributed by atoms with van der Waals surface area (Å²) in [5, 5.41) is 10.9. The zero-order valence-corrected chi connectivity index (χ0v) is 9.21. The van der Waals surface area contributed by atoms with Crippen molar-refractivity contribution in [3.05, 3.63) is 41.9 Å². The molecule has 0 fully saturated rings. The fraction of sp³-hybridized carbons (Fsp3) is 0.182. The molecular weight excluding hydrogens is 218 g/mol. The summed E-state index contributed by atoms with van der Waals surface area (Å²) < 4.78 is 5.23. The Labute approximate surface area is 98.1 Å². The number of ether oxygens (including phenoxy) is 1. The first-order valence-electron chi connectivity index (χ1n) is 5.22. The Morgan fingerprint density at radius 1 is 1.41 bits per heavy atom. The van der Waals surface area contributed by atoms with Crippen LogP contribution in [0.1, 0.15) is 5.56 Å². The molecule has 0 aliphatic carbocycles. The molecule has 86 valence electrons. The van der Waals surface area contributed by atoms with Gasteiger partial charge in [0.05, 0.1) is 7.11 Å². The number of hydrogen-bond acceptors (Lipinski definition) is 6. The van der Waals surface area contributed by atoms with Gasteiger partial charge in [0.15, 0.2) is 6.17 Å². The molecule has 0 bridgehead atoms. The van der Waals surface area contributed by atoms with Gasteiger partial charge >= 0.3 is 0 Å². The lowest BCUT2D eigenvalue weighted by atomic mass is 10.0. The number of fused-ring (bicyclic) bond motifs is 1. The summed E-state index contributed by atoms with van der Waals surface area (Å²) in [6.07, 6.45) is 5.54. The second kappa shape index (κ2) is 3.89. The Kier molecular flexibility index (Phi) is 2.25. The third kappa shape index (κ3) is 1.63. The van der Waals surface area contributed by atoms with E-state index in [0.29, 0.717) is 5.88 Å². The van der Waals surface area contributed by atoms with Gasteiger partial charge in [-0.15, -0.1) is 5.11 Å². The molecular formula is C11H11N5O. The first kappa shape index (κ1) is 9.83. The van der Waals surface area contributed by atoms with E-state index < -0.39 is 0 Å². The minimum absolute atomic E-state index is 0.0265. The van der Waals surface area contributed by atoms with Gasteiger partial charge in [-0.2, -0.15) is 0 Å². The number of nitrogens with zero attached hydrogens (tertiary/aromatic N) is 3. The van der Waals surface area contributed by atoms with Crippen molar-refractivity contribution in [2.45, 2.75) is 6.17 Å². The summed E-state index contributed by atoms with van der Waals surface area (Å²) in [4.78, 5) is 4.17. The first-order valence-corrected chi connectivity index (χ1v) is 5.22. The molecule has 0 radical (unpaired) electrons. The Hall–Kier alpha value is -2.37. The van der Waals surface area contributed by atoms with E-state index >= 15 is 0 Å². The predicted molar refractivity (Wildman–Crippen MR) is 61.8 cm³/mol. The molecule has 0 saturated heterocycles. The van der Waals surface area contributed by atoms with Gasteiger partial charge in [0.1, 0.15) is 5.70 Å². The van der Waals surface area contributed by atoms with Crippen molar-refractivity contribution in [2.24, 2.45) is 10.3 Å². The smallest absolute Gasteiger partial charge is 0.221 e. The molecule has 2 aliphatic heterocycles. The van der Waals surface area contributed by atoms with Crippen molar-refractivity contribution >= 4 is 5.57 Å². The predicted octanol–water partition coefficient (Wildman–Crippen LogP) is 1.21. The average molecular weight is 229 g/mol. The van der Waals surface area contributed by atoms with Gasteiger partial charge in [-0.1, -0.05) is 5.22 Å². The van der Waals surface area contributed by atoms with Crippen LogP contribution in [-0.4, -0.2) is 18.3 Å². The number of rotatable bonds is 2. The van der Waals surface area contributed by atoms with Gasteiger partial charge in [-0.25, -0.2) is 4.98 Å². The summed E-state index contributed by atoms with van der Waals surface area (Å²) in [7, 11) is 1.61. The third-order valence-electron chi connectivity index (χ3n) is 2.63. The fourth-order valence-corrected chi connectivity index (χ4v) is 1.81. The maximum absolute atomic E-state index is 5.23. The van der Waals surface area contributed by atoms with E-state index in [9.17, 15) is 0 Å². The van der Waals surface area contributed by atoms with Crippen molar-refractivity contribution in [3.8, 4) is 5.88 Å². The molecule has 17 heavy (non-hydrogen) atoms. The van der Waals surface area contributed by atoms with Crippen LogP contribution in [0.3, 0.4) is 0 Å². The van der Waals surface area contributed by atoms with Crippen molar-refractivity contribution in [1.29, 1.82) is 0 Å². The number of hydrogen-bond donors (Lipinski definition) is 2. The highest BCUT2D eigenvalue weighted by Gasteiger charge is 2.22. The number of methoxy groups -OCH3 is 1. The zero-order valence-electron chi connectivity index (χ0n) is 9.21. The van der Waals surface area contributed by atoms with Crippen molar-refractivity contribution in [3.63, 3.8) is 0 Å². The molecule has 2 N–H and O–H groups in total. The molecule has 6 heteroatoms. The average Bonchev–Trinajstić information content (AvgIpc) is 2.85. The largest absolute Gasteiger partial charge is 0.481 e. The molecule has 3 heterocycles. The normalized spacial score (nSPS) is 20.9. The van der Waals surface area contributed by atoms with Crippen LogP contribution in [0.4, 0.5) is 0 Å². The monoisotopic (exact) mass is 229 g/mol. The number of nitrogens with one attached hydrogen (secondary N) is 2. The highest BCUT2D eigenvalue weighted by atomic mass is 16.5. The van der Waals surface area contributed by atoms with E-state index in [2.05, 4.69) is 26.1 Å². The van der Waals surface area contributed by atoms with E-state index in [-0.39, 0.29) is 6.17 Å². The maximum Gasteiger partial charge on any atom is 0.221 e. The van der Waals surface area contributed by atoms with Gasteiger partial charge in [0.25, 0.3) is 0 Å². The van der Waals surface area contributed by atoms with Gasteiger partial charge < -0.3 is 10.1 Å². The summed E-state index contributed by atoms with van der Waals surface area (Å²) in [5.41, 5.74) is 5.60. The lowest BCUT2D eigenvalue weighted by Gasteiger charge is -2.17. The summed E-state index contributed by atoms with van der Waals surface area (Å²) in [6, 6.07) is 3.83. The van der Waals surface area contributed by atoms with Crippen LogP contribution in [0.25, 0.3) is 5.57 Å². The molecule has 3 rings (SSSR count). The highest BCUT2D eigenvalue weighted by Crippen LogP contribution is 2.28. The van der Waals surface area contributed by atoms with Crippen LogP contribution < -0.4 is 15.5 Å². The van der Waals surface area contributed by atoms with Crippen LogP contribution >= 0.6 is 0 Å². The minimum atomic E-state index is -0.0265. The van der Waals surface area contributed by atoms with Gasteiger partial charge in [-0.05, 0) is 18.2 Å². The zero-order chi connectivity index (χ0) is 11.7. The van der Waals surface area contributed by atoms with Gasteiger partial charge in [0, 0.05) is 23.5 Å². The molecule has 1 aromatic rings. The molecule has 6 nitrogen and oxygen atoms in total. The number of allylic oxidation sites excluding steroid dienone is 2. The second-order valence-corrected chi connectivity index (χ2v) is 3.66. The van der Waals surface area contributed by atoms with Gasteiger partial charge in [0.2, 0.25) is 5.88 Å². The van der Waals surface area contributed by atoms with Crippen LogP contribution in [0.15, 0.2) is 46.6 Å². The SMILES string of the molecule is COc1ncccc1C1=CNC2NN=NC2=C1. The minimum Gasteiger partial charge on any atom is -0.481 e. The maximum atomic E-state index is 5.23. The first-order chi connectivity index (χ1) is 8.38. The lowest BCUT2D eigenvalue weighted by Crippen LogP contribution is -2.36. The Bertz CT molecular complexity index is 534. The molecule has 2 aliphatic rings. The van der Waals surface area contributed by atoms with Gasteiger partial charge in [-0.3, -0.25) is 5.43 Å². The van der Waals surface area contributed by atoms with E-state index in [1.165, 1.54) is 0 Å². The number of dihydropyridines is 1. The molecule has 0 aromatic carbocycles. The molecule has 1 atom stereocenters. The summed E-state index contributed by atoms with van der Waals surface area (Å²) in [6.45, 7) is 0. The Morgan fingerprint density at radius 3 is 3.24 bits per heavy atom. The Balaban J connectivity index is 2.00. The van der Waals surface area contributed by atoms with Crippen LogP contribution in [0.2, 0.25) is 0 Å². The molecule has 0 saturated carbocycles. The molecule has 1 unspecified atom stereocenters. The molecule has 0 amide bonds. The molecule has 0 spiro atoms. The highest BCUT2D eigenvalue weighted by molar-refractivity contribution is 5.78. The summed E-state index contributed by atoms with van der Waals surface area (Å²) >= 11 is 0. The van der Waals surface area contributed by atoms with E-state index in [0.717, 1.165) is 16.8 Å². The number of pyridine rings is 1. The second-order valence-electron chi connectivity index (χ2n) is 3.66. The van der Waals surface area contributed by atoms with E-state index in [4.69, 9.17) is 4.74 Å². The van der Waals surface area contributed by atoms with Crippen molar-refractivity contribution in [1.82, 2.24) is 15.7 Å². The molecule has 1 aromatic heterocycles. The number of aromatic nitrogens is 1. The Morgan fingerprint density at radius 2 is 2.35 bits per heavy atom. The summed E-state index contributed by atoms with van der Waals surface area (Å²) in [5.74, 6) is 0.596. The van der Waals surface area contributed by atoms with Crippen LogP contribution in [0, 0.1) is 0 Å². The third-order valence-corrected chi connectivity index (χ3v) is 2.63. The topological polar surface area (TPSA) is 70.9 Å². The van der Waals surface area contributed by atoms with E-state index in [1.54, 1.807) is 13.3 Å². The fourth-order valence-electron chi connectivity index (χ4n) is 1.81. The quantitative estimate of drug-likeness (QED) is 0.799. The lowest BCUT2D eigenvalue weighted by molar-refractivity contribution is 0.396. The van der Waals surface area contributed by atoms with Crippen molar-refractivity contribution < 1.29 is 4.74 Å². The van der Waals surface area contributed by atoms with Crippen molar-refractivity contribution in [2.75, 3.05) is 7.11 Å². The standard InChI is InChI=1S/C11H11N5O/c1-17-11-8(3-2-4-12-11)7-5-9-10(13-6-7)15-16-14-9/h2-6,10,13H,1H3,(H,14,15). The van der Waals surface area contributed by atoms with Crippen LogP contribution in [-0.2, 0) is 0 Å². The van der Waals surface area contributed by atoms with E-state index in [1.807, 2.05) is 24.4 Å².